The molecule has 1 nitrogen and oxygen atoms in total. The van der Waals surface area contributed by atoms with Gasteiger partial charge in [0.1, 0.15) is 0 Å². The van der Waals surface area contributed by atoms with Crippen LogP contribution in [0.4, 0.5) is 0 Å². The van der Waals surface area contributed by atoms with Crippen LogP contribution in [-0.2, 0) is 11.1 Å². The highest BCUT2D eigenvalue weighted by Gasteiger charge is 2.34. The van der Waals surface area contributed by atoms with Crippen molar-refractivity contribution in [1.82, 2.24) is 0 Å². The Labute approximate surface area is 108 Å². The molecule has 2 bridgehead atoms. The van der Waals surface area contributed by atoms with Crippen molar-refractivity contribution < 1.29 is 4.65 Å². The van der Waals surface area contributed by atoms with Gasteiger partial charge in [-0.25, -0.2) is 0 Å². The van der Waals surface area contributed by atoms with Crippen molar-refractivity contribution in [2.75, 3.05) is 7.11 Å². The lowest BCUT2D eigenvalue weighted by atomic mass is 9.48. The van der Waals surface area contributed by atoms with Gasteiger partial charge in [0, 0.05) is 18.4 Å². The van der Waals surface area contributed by atoms with E-state index in [4.69, 9.17) is 4.65 Å². The summed E-state index contributed by atoms with van der Waals surface area (Å²) in [6.45, 7) is 0.512. The van der Waals surface area contributed by atoms with Crippen LogP contribution in [0.5, 0.6) is 0 Å². The smallest absolute Gasteiger partial charge is 0.293 e. The summed E-state index contributed by atoms with van der Waals surface area (Å²) >= 11 is 1.88. The summed E-state index contributed by atoms with van der Waals surface area (Å²) in [5, 5.41) is 2.18. The Morgan fingerprint density at radius 3 is 3.12 bits per heavy atom. The van der Waals surface area contributed by atoms with Gasteiger partial charge in [-0.2, -0.15) is 0 Å². The van der Waals surface area contributed by atoms with Crippen molar-refractivity contribution in [2.45, 2.75) is 31.9 Å². The second-order valence-corrected chi connectivity index (χ2v) is 6.51. The van der Waals surface area contributed by atoms with Crippen molar-refractivity contribution in [3.63, 3.8) is 0 Å². The molecule has 0 radical (unpaired) electrons. The molecule has 0 amide bonds. The van der Waals surface area contributed by atoms with E-state index in [0.717, 1.165) is 11.8 Å². The van der Waals surface area contributed by atoms with Gasteiger partial charge in [0.05, 0.1) is 0 Å². The topological polar surface area (TPSA) is 9.23 Å². The van der Waals surface area contributed by atoms with Gasteiger partial charge in [-0.05, 0) is 48.8 Å². The largest absolute Gasteiger partial charge is 0.438 e. The fourth-order valence-corrected chi connectivity index (χ4v) is 4.22. The summed E-state index contributed by atoms with van der Waals surface area (Å²) in [4.78, 5) is 1.51. The number of hydrogen-bond donors (Lipinski definition) is 0. The molecule has 1 saturated heterocycles. The van der Waals surface area contributed by atoms with E-state index in [-0.39, 0.29) is 0 Å². The first-order chi connectivity index (χ1) is 8.33. The monoisotopic (exact) mass is 246 g/mol. The Balaban J connectivity index is 1.70. The zero-order valence-corrected chi connectivity index (χ0v) is 11.2. The first kappa shape index (κ1) is 11.5. The fourth-order valence-electron chi connectivity index (χ4n) is 3.46. The van der Waals surface area contributed by atoms with Crippen molar-refractivity contribution in [2.24, 2.45) is 11.8 Å². The highest BCUT2D eigenvalue weighted by molar-refractivity contribution is 7.09. The maximum atomic E-state index is 5.54. The minimum absolute atomic E-state index is 0.512. The van der Waals surface area contributed by atoms with Gasteiger partial charge >= 0.3 is 0 Å². The Hall–Kier alpha value is -0.535. The van der Waals surface area contributed by atoms with Gasteiger partial charge in [0.15, 0.2) is 0 Å². The molecular formula is C14H19BOS. The van der Waals surface area contributed by atoms with Crippen LogP contribution < -0.4 is 0 Å². The average Bonchev–Trinajstić information content (AvgIpc) is 2.80. The molecule has 0 N–H and O–H groups in total. The molecule has 2 heterocycles. The zero-order valence-electron chi connectivity index (χ0n) is 10.4. The number of rotatable bonds is 3. The summed E-state index contributed by atoms with van der Waals surface area (Å²) in [6, 6.07) is 4.42. The van der Waals surface area contributed by atoms with E-state index in [0.29, 0.717) is 6.92 Å². The molecule has 1 aliphatic heterocycles. The molecule has 90 valence electrons. The summed E-state index contributed by atoms with van der Waals surface area (Å²) in [7, 11) is 1.86. The molecule has 0 aromatic carbocycles. The molecule has 2 aliphatic rings. The maximum Gasteiger partial charge on any atom is 0.293 e. The lowest BCUT2D eigenvalue weighted by Crippen LogP contribution is -2.32. The van der Waals surface area contributed by atoms with E-state index in [1.165, 1.54) is 36.8 Å². The summed E-state index contributed by atoms with van der Waals surface area (Å²) < 4.78 is 5.54. The first-order valence-corrected chi connectivity index (χ1v) is 7.46. The van der Waals surface area contributed by atoms with Crippen molar-refractivity contribution in [3.05, 3.63) is 34.0 Å². The van der Waals surface area contributed by atoms with E-state index in [1.807, 2.05) is 18.4 Å². The molecule has 2 atom stereocenters. The Morgan fingerprint density at radius 1 is 1.47 bits per heavy atom. The van der Waals surface area contributed by atoms with Gasteiger partial charge in [-0.15, -0.1) is 11.3 Å². The lowest BCUT2D eigenvalue weighted by molar-refractivity contribution is 0.339. The Bertz CT molecular complexity index is 398. The van der Waals surface area contributed by atoms with Crippen molar-refractivity contribution in [3.8, 4) is 0 Å². The Kier molecular flexibility index (Phi) is 3.39. The van der Waals surface area contributed by atoms with Crippen LogP contribution in [0, 0.1) is 11.8 Å². The van der Waals surface area contributed by atoms with Crippen molar-refractivity contribution in [1.29, 1.82) is 0 Å². The third-order valence-electron chi connectivity index (χ3n) is 4.13. The summed E-state index contributed by atoms with van der Waals surface area (Å²) in [5.74, 6) is 1.65. The molecule has 1 aromatic rings. The maximum absolute atomic E-state index is 5.54. The second-order valence-electron chi connectivity index (χ2n) is 5.48. The summed E-state index contributed by atoms with van der Waals surface area (Å²) in [6.07, 6.45) is 8.93. The molecule has 17 heavy (non-hydrogen) atoms. The third-order valence-corrected chi connectivity index (χ3v) is 5.01. The van der Waals surface area contributed by atoms with Gasteiger partial charge in [-0.3, -0.25) is 0 Å². The molecule has 1 aliphatic carbocycles. The SMILES string of the molecule is COB1CC2C=C(Cc3cccs3)CC(C1)C2. The highest BCUT2D eigenvalue weighted by Crippen LogP contribution is 2.40. The van der Waals surface area contributed by atoms with E-state index in [1.54, 1.807) is 5.57 Å². The fraction of sp³-hybridized carbons (Fsp3) is 0.571. The standard InChI is InChI=1S/C14H19BOS/c1-16-15-9-12-5-11(6-13(7-12)10-15)8-14-3-2-4-17-14/h2-5,12-13H,6-10H2,1H3. The van der Waals surface area contributed by atoms with Crippen LogP contribution >= 0.6 is 11.3 Å². The van der Waals surface area contributed by atoms with Crippen LogP contribution in [-0.4, -0.2) is 14.0 Å². The van der Waals surface area contributed by atoms with E-state index >= 15 is 0 Å². The number of fused-ring (bicyclic) bond motifs is 2. The van der Waals surface area contributed by atoms with Gasteiger partial charge in [0.25, 0.3) is 6.92 Å². The predicted molar refractivity (Wildman–Crippen MR) is 74.7 cm³/mol. The molecular weight excluding hydrogens is 227 g/mol. The normalized spacial score (nSPS) is 28.1. The van der Waals surface area contributed by atoms with Crippen LogP contribution in [0.25, 0.3) is 0 Å². The van der Waals surface area contributed by atoms with Gasteiger partial charge in [0.2, 0.25) is 0 Å². The van der Waals surface area contributed by atoms with Gasteiger partial charge < -0.3 is 4.65 Å². The molecule has 3 rings (SSSR count). The van der Waals surface area contributed by atoms with E-state index in [9.17, 15) is 0 Å². The van der Waals surface area contributed by atoms with Crippen LogP contribution in [0.1, 0.15) is 17.7 Å². The van der Waals surface area contributed by atoms with Gasteiger partial charge in [-0.1, -0.05) is 17.7 Å². The van der Waals surface area contributed by atoms with Crippen LogP contribution in [0.3, 0.4) is 0 Å². The molecule has 2 unspecified atom stereocenters. The number of hydrogen-bond acceptors (Lipinski definition) is 2. The minimum Gasteiger partial charge on any atom is -0.438 e. The quantitative estimate of drug-likeness (QED) is 0.580. The zero-order chi connectivity index (χ0) is 11.7. The molecule has 1 fully saturated rings. The highest BCUT2D eigenvalue weighted by atomic mass is 32.1. The molecule has 0 spiro atoms. The van der Waals surface area contributed by atoms with E-state index in [2.05, 4.69) is 23.6 Å². The van der Waals surface area contributed by atoms with Crippen LogP contribution in [0.2, 0.25) is 12.6 Å². The summed E-state index contributed by atoms with van der Waals surface area (Å²) in [5.41, 5.74) is 1.67. The lowest BCUT2D eigenvalue weighted by Gasteiger charge is -2.36. The third kappa shape index (κ3) is 2.66. The van der Waals surface area contributed by atoms with E-state index < -0.39 is 0 Å². The minimum atomic E-state index is 0.512. The second kappa shape index (κ2) is 4.99. The molecule has 0 saturated carbocycles. The number of allylic oxidation sites excluding steroid dienone is 2. The Morgan fingerprint density at radius 2 is 2.41 bits per heavy atom. The predicted octanol–water partition coefficient (Wildman–Crippen LogP) is 3.89. The number of thiophene rings is 1. The molecule has 1 aromatic heterocycles. The average molecular weight is 246 g/mol. The van der Waals surface area contributed by atoms with Crippen molar-refractivity contribution >= 4 is 18.3 Å². The first-order valence-electron chi connectivity index (χ1n) is 6.58. The molecule has 3 heteroatoms. The van der Waals surface area contributed by atoms with Crippen LogP contribution in [0.15, 0.2) is 29.2 Å².